The van der Waals surface area contributed by atoms with Crippen molar-refractivity contribution in [2.75, 3.05) is 4.90 Å². The number of hydrogen-bond donors (Lipinski definition) is 2. The summed E-state index contributed by atoms with van der Waals surface area (Å²) in [5.74, 6) is 0.355. The van der Waals surface area contributed by atoms with Crippen LogP contribution in [0.4, 0.5) is 5.69 Å². The molecule has 1 aromatic rings. The molecule has 0 bridgehead atoms. The zero-order valence-corrected chi connectivity index (χ0v) is 10.6. The van der Waals surface area contributed by atoms with Crippen LogP contribution in [0, 0.1) is 22.7 Å². The van der Waals surface area contributed by atoms with Crippen LogP contribution in [-0.4, -0.2) is 5.11 Å². The molecule has 0 aliphatic carbocycles. The number of nitrogens with zero attached hydrogens (tertiary/aromatic N) is 3. The molecule has 0 saturated heterocycles. The first-order chi connectivity index (χ1) is 9.17. The maximum atomic E-state index is 8.84. The van der Waals surface area contributed by atoms with Crippen molar-refractivity contribution in [3.63, 3.8) is 0 Å². The van der Waals surface area contributed by atoms with E-state index in [1.807, 2.05) is 30.3 Å². The Kier molecular flexibility index (Phi) is 3.46. The molecule has 0 unspecified atom stereocenters. The minimum absolute atomic E-state index is 0.0574. The second-order valence-corrected chi connectivity index (χ2v) is 4.07. The van der Waals surface area contributed by atoms with Crippen molar-refractivity contribution < 1.29 is 0 Å². The Morgan fingerprint density at radius 1 is 1.21 bits per heavy atom. The number of thiocarbonyl (C=S) groups is 1. The molecule has 3 N–H and O–H groups in total. The maximum absolute atomic E-state index is 8.84. The van der Waals surface area contributed by atoms with Gasteiger partial charge in [-0.25, -0.2) is 0 Å². The number of para-hydroxylation sites is 1. The average Bonchev–Trinajstić information content (AvgIpc) is 2.40. The molecular formula is C13H9N5S. The van der Waals surface area contributed by atoms with Gasteiger partial charge in [0.25, 0.3) is 0 Å². The van der Waals surface area contributed by atoms with Gasteiger partial charge < -0.3 is 11.1 Å². The van der Waals surface area contributed by atoms with Crippen LogP contribution in [0.15, 0.2) is 53.5 Å². The molecule has 6 heteroatoms. The number of allylic oxidation sites excluding steroid dienone is 2. The van der Waals surface area contributed by atoms with Crippen LogP contribution < -0.4 is 16.0 Å². The highest BCUT2D eigenvalue weighted by Gasteiger charge is 2.22. The summed E-state index contributed by atoms with van der Waals surface area (Å²) in [4.78, 5) is 1.63. The Morgan fingerprint density at radius 3 is 2.37 bits per heavy atom. The Hall–Kier alpha value is -2.83. The van der Waals surface area contributed by atoms with Gasteiger partial charge in [0.15, 0.2) is 10.7 Å². The van der Waals surface area contributed by atoms with Crippen LogP contribution in [-0.2, 0) is 0 Å². The Bertz CT molecular complexity index is 645. The molecular weight excluding hydrogens is 258 g/mol. The minimum atomic E-state index is -0.0574. The molecule has 0 spiro atoms. The highest BCUT2D eigenvalue weighted by Crippen LogP contribution is 2.21. The zero-order valence-electron chi connectivity index (χ0n) is 9.79. The van der Waals surface area contributed by atoms with E-state index in [2.05, 4.69) is 5.32 Å². The number of benzene rings is 1. The van der Waals surface area contributed by atoms with Gasteiger partial charge in [-0.2, -0.15) is 10.5 Å². The van der Waals surface area contributed by atoms with Gasteiger partial charge in [-0.05, 0) is 24.4 Å². The van der Waals surface area contributed by atoms with Crippen molar-refractivity contribution in [2.24, 2.45) is 5.73 Å². The topological polar surface area (TPSA) is 88.9 Å². The SMILES string of the molecule is N#CC(C#N)=C1C=C(N)N(c2ccccc2)C(=S)N1. The second-order valence-electron chi connectivity index (χ2n) is 3.68. The summed E-state index contributed by atoms with van der Waals surface area (Å²) in [5, 5.41) is 20.8. The maximum Gasteiger partial charge on any atom is 0.183 e. The first-order valence-electron chi connectivity index (χ1n) is 5.35. The van der Waals surface area contributed by atoms with Gasteiger partial charge >= 0.3 is 0 Å². The quantitative estimate of drug-likeness (QED) is 0.592. The van der Waals surface area contributed by atoms with Gasteiger partial charge in [0.2, 0.25) is 0 Å². The molecule has 0 aromatic heterocycles. The highest BCUT2D eigenvalue weighted by atomic mass is 32.1. The summed E-state index contributed by atoms with van der Waals surface area (Å²) in [6.45, 7) is 0. The minimum Gasteiger partial charge on any atom is -0.385 e. The van der Waals surface area contributed by atoms with Crippen molar-refractivity contribution in [3.05, 3.63) is 53.5 Å². The summed E-state index contributed by atoms with van der Waals surface area (Å²) in [6, 6.07) is 12.9. The van der Waals surface area contributed by atoms with Crippen LogP contribution in [0.25, 0.3) is 0 Å². The number of anilines is 1. The van der Waals surface area contributed by atoms with E-state index in [0.717, 1.165) is 5.69 Å². The molecule has 0 amide bonds. The van der Waals surface area contributed by atoms with Gasteiger partial charge in [0.05, 0.1) is 5.70 Å². The summed E-state index contributed by atoms with van der Waals surface area (Å²) in [5.41, 5.74) is 7.02. The number of rotatable bonds is 1. The van der Waals surface area contributed by atoms with E-state index in [4.69, 9.17) is 28.5 Å². The van der Waals surface area contributed by atoms with Crippen LogP contribution in [0.1, 0.15) is 0 Å². The Labute approximate surface area is 115 Å². The van der Waals surface area contributed by atoms with E-state index in [9.17, 15) is 0 Å². The molecule has 2 rings (SSSR count). The first-order valence-corrected chi connectivity index (χ1v) is 5.76. The molecule has 1 aromatic carbocycles. The molecule has 5 nitrogen and oxygen atoms in total. The lowest BCUT2D eigenvalue weighted by Crippen LogP contribution is -2.45. The Morgan fingerprint density at radius 2 is 1.84 bits per heavy atom. The fourth-order valence-corrected chi connectivity index (χ4v) is 1.98. The van der Waals surface area contributed by atoms with E-state index in [-0.39, 0.29) is 5.57 Å². The predicted molar refractivity (Wildman–Crippen MR) is 75.2 cm³/mol. The van der Waals surface area contributed by atoms with Crippen molar-refractivity contribution in [1.29, 1.82) is 10.5 Å². The fourth-order valence-electron chi connectivity index (χ4n) is 1.66. The molecule has 0 saturated carbocycles. The summed E-state index contributed by atoms with van der Waals surface area (Å²) < 4.78 is 0. The summed E-state index contributed by atoms with van der Waals surface area (Å²) in [7, 11) is 0. The van der Waals surface area contributed by atoms with E-state index < -0.39 is 0 Å². The lowest BCUT2D eigenvalue weighted by atomic mass is 10.2. The molecule has 92 valence electrons. The predicted octanol–water partition coefficient (Wildman–Crippen LogP) is 1.48. The highest BCUT2D eigenvalue weighted by molar-refractivity contribution is 7.80. The summed E-state index contributed by atoms with van der Waals surface area (Å²) >= 11 is 5.22. The fraction of sp³-hybridized carbons (Fsp3) is 0. The van der Waals surface area contributed by atoms with E-state index in [1.54, 1.807) is 17.0 Å². The number of nitrogens with two attached hydrogens (primary N) is 1. The third-order valence-corrected chi connectivity index (χ3v) is 2.79. The van der Waals surface area contributed by atoms with Crippen LogP contribution in [0.5, 0.6) is 0 Å². The van der Waals surface area contributed by atoms with Gasteiger partial charge in [-0.15, -0.1) is 0 Å². The smallest absolute Gasteiger partial charge is 0.183 e. The number of nitrogens with one attached hydrogen (secondary N) is 1. The van der Waals surface area contributed by atoms with Crippen molar-refractivity contribution in [2.45, 2.75) is 0 Å². The molecule has 1 aliphatic heterocycles. The molecule has 0 atom stereocenters. The van der Waals surface area contributed by atoms with E-state index in [1.165, 1.54) is 6.08 Å². The van der Waals surface area contributed by atoms with Crippen LogP contribution in [0.3, 0.4) is 0 Å². The number of nitriles is 2. The standard InChI is InChI=1S/C13H9N5S/c14-7-9(8-15)11-6-12(16)18(13(19)17-11)10-4-2-1-3-5-10/h1-6H,16H2,(H,17,19). The monoisotopic (exact) mass is 267 g/mol. The zero-order chi connectivity index (χ0) is 13.8. The molecule has 19 heavy (non-hydrogen) atoms. The average molecular weight is 267 g/mol. The van der Waals surface area contributed by atoms with Crippen LogP contribution in [0.2, 0.25) is 0 Å². The van der Waals surface area contributed by atoms with Gasteiger partial charge in [0.1, 0.15) is 18.0 Å². The molecule has 0 fully saturated rings. The Balaban J connectivity index is 2.47. The lowest BCUT2D eigenvalue weighted by Gasteiger charge is -2.30. The van der Waals surface area contributed by atoms with E-state index >= 15 is 0 Å². The third kappa shape index (κ3) is 2.39. The molecule has 1 aliphatic rings. The second kappa shape index (κ2) is 5.21. The van der Waals surface area contributed by atoms with Crippen molar-refractivity contribution in [1.82, 2.24) is 5.32 Å². The summed E-state index contributed by atoms with van der Waals surface area (Å²) in [6.07, 6.45) is 1.52. The third-order valence-electron chi connectivity index (χ3n) is 2.50. The normalized spacial score (nSPS) is 14.0. The van der Waals surface area contributed by atoms with Gasteiger partial charge in [-0.3, -0.25) is 4.90 Å². The van der Waals surface area contributed by atoms with Crippen molar-refractivity contribution in [3.8, 4) is 12.1 Å². The lowest BCUT2D eigenvalue weighted by molar-refractivity contribution is 1.02. The molecule has 0 radical (unpaired) electrons. The van der Waals surface area contributed by atoms with Gasteiger partial charge in [-0.1, -0.05) is 18.2 Å². The first kappa shape index (κ1) is 12.6. The molecule has 1 heterocycles. The van der Waals surface area contributed by atoms with Crippen molar-refractivity contribution >= 4 is 23.0 Å². The van der Waals surface area contributed by atoms with E-state index in [0.29, 0.717) is 16.6 Å². The van der Waals surface area contributed by atoms with Gasteiger partial charge in [0, 0.05) is 11.8 Å². The number of hydrogen-bond acceptors (Lipinski definition) is 4. The largest absolute Gasteiger partial charge is 0.385 e. The van der Waals surface area contributed by atoms with Crippen LogP contribution >= 0.6 is 12.2 Å².